The van der Waals surface area contributed by atoms with Gasteiger partial charge in [0.2, 0.25) is 5.91 Å². The van der Waals surface area contributed by atoms with Gasteiger partial charge in [0.1, 0.15) is 5.82 Å². The van der Waals surface area contributed by atoms with E-state index in [0.29, 0.717) is 23.9 Å². The van der Waals surface area contributed by atoms with Crippen molar-refractivity contribution in [3.05, 3.63) is 119 Å². The number of hydrogen-bond donors (Lipinski definition) is 3. The van der Waals surface area contributed by atoms with Crippen molar-refractivity contribution in [1.29, 1.82) is 0 Å². The number of nitrogens with zero attached hydrogens (tertiary/aromatic N) is 2. The number of benzene rings is 3. The van der Waals surface area contributed by atoms with Gasteiger partial charge in [0.05, 0.1) is 19.1 Å². The van der Waals surface area contributed by atoms with Crippen molar-refractivity contribution in [2.45, 2.75) is 25.5 Å². The van der Waals surface area contributed by atoms with E-state index in [1.54, 1.807) is 6.20 Å². The van der Waals surface area contributed by atoms with Gasteiger partial charge in [0, 0.05) is 29.6 Å². The Labute approximate surface area is 210 Å². The lowest BCUT2D eigenvalue weighted by atomic mass is 10.1. The predicted molar refractivity (Wildman–Crippen MR) is 140 cm³/mol. The zero-order chi connectivity index (χ0) is 24.5. The number of carbonyl (C=O) groups is 1. The molecule has 4 rings (SSSR count). The van der Waals surface area contributed by atoms with Crippen LogP contribution in [0.4, 0.5) is 5.69 Å². The van der Waals surface area contributed by atoms with Crippen LogP contribution in [0.3, 0.4) is 0 Å². The number of halogens is 1. The second kappa shape index (κ2) is 12.3. The molecule has 180 valence electrons. The summed E-state index contributed by atoms with van der Waals surface area (Å²) in [7, 11) is 0. The molecule has 1 aromatic heterocycles. The van der Waals surface area contributed by atoms with Crippen LogP contribution in [0.25, 0.3) is 0 Å². The molecule has 1 unspecified atom stereocenters. The quantitative estimate of drug-likeness (QED) is 0.269. The molecular formula is C28H29ClN4O2. The lowest BCUT2D eigenvalue weighted by molar-refractivity contribution is -0.115. The first-order valence-electron chi connectivity index (χ1n) is 11.6. The molecule has 6 nitrogen and oxygen atoms in total. The van der Waals surface area contributed by atoms with Crippen LogP contribution >= 0.6 is 11.6 Å². The monoisotopic (exact) mass is 488 g/mol. The summed E-state index contributed by atoms with van der Waals surface area (Å²) in [5.41, 5.74) is 3.79. The first-order chi connectivity index (χ1) is 17.1. The maximum atomic E-state index is 12.6. The number of carbonyl (C=O) groups excluding carboxylic acids is 1. The first-order valence-corrected chi connectivity index (χ1v) is 12.0. The van der Waals surface area contributed by atoms with Gasteiger partial charge in [-0.1, -0.05) is 72.3 Å². The molecule has 0 aliphatic carbocycles. The molecule has 4 aromatic rings. The molecule has 1 atom stereocenters. The zero-order valence-electron chi connectivity index (χ0n) is 19.4. The summed E-state index contributed by atoms with van der Waals surface area (Å²) in [5.74, 6) is 0.559. The first kappa shape index (κ1) is 24.7. The lowest BCUT2D eigenvalue weighted by Crippen LogP contribution is -2.23. The van der Waals surface area contributed by atoms with E-state index in [-0.39, 0.29) is 12.3 Å². The number of hydrogen-bond acceptors (Lipinski definition) is 4. The molecule has 3 aromatic carbocycles. The Bertz CT molecular complexity index is 1230. The van der Waals surface area contributed by atoms with Crippen LogP contribution in [-0.4, -0.2) is 33.7 Å². The van der Waals surface area contributed by atoms with Crippen molar-refractivity contribution >= 4 is 23.2 Å². The summed E-state index contributed by atoms with van der Waals surface area (Å²) in [6.45, 7) is 1.82. The molecule has 35 heavy (non-hydrogen) atoms. The van der Waals surface area contributed by atoms with Crippen molar-refractivity contribution in [3.8, 4) is 0 Å². The van der Waals surface area contributed by atoms with Gasteiger partial charge in [0.25, 0.3) is 0 Å². The highest BCUT2D eigenvalue weighted by Gasteiger charge is 2.11. The average Bonchev–Trinajstić information content (AvgIpc) is 3.30. The fraction of sp³-hybridized carbons (Fsp3) is 0.214. The Kier molecular flexibility index (Phi) is 8.68. The second-order valence-corrected chi connectivity index (χ2v) is 8.77. The van der Waals surface area contributed by atoms with Crippen LogP contribution in [0.15, 0.2) is 91.3 Å². The van der Waals surface area contributed by atoms with Gasteiger partial charge in [-0.05, 0) is 47.9 Å². The minimum Gasteiger partial charge on any atom is -0.387 e. The smallest absolute Gasteiger partial charge is 0.231 e. The van der Waals surface area contributed by atoms with Crippen LogP contribution < -0.4 is 10.6 Å². The molecule has 1 amide bonds. The normalized spacial score (nSPS) is 11.8. The molecule has 0 aliphatic rings. The van der Waals surface area contributed by atoms with Crippen LogP contribution in [0, 0.1) is 0 Å². The Morgan fingerprint density at radius 2 is 1.74 bits per heavy atom. The Morgan fingerprint density at radius 1 is 1.00 bits per heavy atom. The van der Waals surface area contributed by atoms with E-state index >= 15 is 0 Å². The van der Waals surface area contributed by atoms with Gasteiger partial charge in [0.15, 0.2) is 0 Å². The molecule has 0 aliphatic heterocycles. The van der Waals surface area contributed by atoms with Crippen LogP contribution in [-0.2, 0) is 24.2 Å². The molecule has 7 heteroatoms. The number of anilines is 1. The lowest BCUT2D eigenvalue weighted by Gasteiger charge is -2.12. The highest BCUT2D eigenvalue weighted by atomic mass is 35.5. The third-order valence-corrected chi connectivity index (χ3v) is 6.14. The average molecular weight is 489 g/mol. The van der Waals surface area contributed by atoms with Crippen molar-refractivity contribution in [1.82, 2.24) is 14.9 Å². The third-order valence-electron chi connectivity index (χ3n) is 5.77. The maximum absolute atomic E-state index is 12.6. The molecule has 0 spiro atoms. The molecule has 1 heterocycles. The van der Waals surface area contributed by atoms with E-state index in [9.17, 15) is 9.90 Å². The number of rotatable bonds is 11. The van der Waals surface area contributed by atoms with E-state index in [2.05, 4.69) is 15.6 Å². The van der Waals surface area contributed by atoms with Crippen molar-refractivity contribution < 1.29 is 9.90 Å². The SMILES string of the molecule is O=C(Cc1nccn1Cc1ccccc1Cl)Nc1ccc(CCNCC(O)c2ccccc2)cc1. The molecule has 3 N–H and O–H groups in total. The van der Waals surface area contributed by atoms with Gasteiger partial charge >= 0.3 is 0 Å². The fourth-order valence-corrected chi connectivity index (χ4v) is 4.02. The van der Waals surface area contributed by atoms with Gasteiger partial charge in [-0.15, -0.1) is 0 Å². The summed E-state index contributed by atoms with van der Waals surface area (Å²) in [4.78, 5) is 16.9. The van der Waals surface area contributed by atoms with Crippen LogP contribution in [0.1, 0.15) is 28.6 Å². The van der Waals surface area contributed by atoms with Crippen LogP contribution in [0.2, 0.25) is 5.02 Å². The summed E-state index contributed by atoms with van der Waals surface area (Å²) >= 11 is 6.27. The van der Waals surface area contributed by atoms with Crippen molar-refractivity contribution in [2.24, 2.45) is 0 Å². The number of aliphatic hydroxyl groups excluding tert-OH is 1. The minimum absolute atomic E-state index is 0.124. The maximum Gasteiger partial charge on any atom is 0.231 e. The predicted octanol–water partition coefficient (Wildman–Crippen LogP) is 4.63. The standard InChI is InChI=1S/C28H29ClN4O2/c29-25-9-5-4-8-23(25)20-33-17-16-31-27(33)18-28(35)32-24-12-10-21(11-13-24)14-15-30-19-26(34)22-6-2-1-3-7-22/h1-13,16-17,26,30,34H,14-15,18-20H2,(H,32,35). The molecule has 0 bridgehead atoms. The van der Waals surface area contributed by atoms with Gasteiger partial charge in [-0.2, -0.15) is 0 Å². The number of amides is 1. The van der Waals surface area contributed by atoms with E-state index in [1.165, 1.54) is 0 Å². The van der Waals surface area contributed by atoms with Crippen molar-refractivity contribution in [3.63, 3.8) is 0 Å². The van der Waals surface area contributed by atoms with Crippen LogP contribution in [0.5, 0.6) is 0 Å². The summed E-state index contributed by atoms with van der Waals surface area (Å²) in [6.07, 6.45) is 4.03. The van der Waals surface area contributed by atoms with E-state index in [0.717, 1.165) is 35.3 Å². The summed E-state index contributed by atoms with van der Waals surface area (Å²) in [6, 6.07) is 25.1. The second-order valence-electron chi connectivity index (χ2n) is 8.37. The van der Waals surface area contributed by atoms with E-state index < -0.39 is 6.10 Å². The molecule has 0 fully saturated rings. The topological polar surface area (TPSA) is 79.2 Å². The Morgan fingerprint density at radius 3 is 2.51 bits per heavy atom. The molecular weight excluding hydrogens is 460 g/mol. The molecule has 0 radical (unpaired) electrons. The molecule has 0 saturated carbocycles. The zero-order valence-corrected chi connectivity index (χ0v) is 20.2. The van der Waals surface area contributed by atoms with Gasteiger partial charge < -0.3 is 20.3 Å². The summed E-state index contributed by atoms with van der Waals surface area (Å²) < 4.78 is 1.94. The Balaban J connectivity index is 1.22. The summed E-state index contributed by atoms with van der Waals surface area (Å²) in [5, 5.41) is 17.1. The van der Waals surface area contributed by atoms with E-state index in [4.69, 9.17) is 11.6 Å². The Hall–Kier alpha value is -3.45. The third kappa shape index (κ3) is 7.26. The number of nitrogens with one attached hydrogen (secondary N) is 2. The number of imidazole rings is 1. The fourth-order valence-electron chi connectivity index (χ4n) is 3.83. The van der Waals surface area contributed by atoms with E-state index in [1.807, 2.05) is 89.6 Å². The largest absolute Gasteiger partial charge is 0.387 e. The highest BCUT2D eigenvalue weighted by Crippen LogP contribution is 2.17. The van der Waals surface area contributed by atoms with Gasteiger partial charge in [-0.3, -0.25) is 4.79 Å². The number of aromatic nitrogens is 2. The minimum atomic E-state index is -0.519. The van der Waals surface area contributed by atoms with Crippen molar-refractivity contribution in [2.75, 3.05) is 18.4 Å². The molecule has 0 saturated heterocycles. The highest BCUT2D eigenvalue weighted by molar-refractivity contribution is 6.31. The van der Waals surface area contributed by atoms with Gasteiger partial charge in [-0.25, -0.2) is 4.98 Å². The number of aliphatic hydroxyl groups is 1.